The zero-order chi connectivity index (χ0) is 21.4. The molecule has 1 aromatic heterocycles. The van der Waals surface area contributed by atoms with Gasteiger partial charge in [-0.2, -0.15) is 0 Å². The SMILES string of the molecule is C[C@@H]1CN(C2(c3ccc(C4CCCCC4)cc3)N=C(N)c3cc(N)cnc3N2)CCO1. The van der Waals surface area contributed by atoms with Gasteiger partial charge >= 0.3 is 0 Å². The summed E-state index contributed by atoms with van der Waals surface area (Å²) in [5.41, 5.74) is 16.2. The number of aliphatic imine (C=N–C) groups is 1. The zero-order valence-corrected chi connectivity index (χ0v) is 18.2. The van der Waals surface area contributed by atoms with Crippen molar-refractivity contribution < 1.29 is 4.74 Å². The fraction of sp³-hybridized carbons (Fsp3) is 0.500. The Labute approximate surface area is 183 Å². The summed E-state index contributed by atoms with van der Waals surface area (Å²) in [4.78, 5) is 11.9. The first-order valence-electron chi connectivity index (χ1n) is 11.4. The first-order valence-corrected chi connectivity index (χ1v) is 11.4. The molecule has 2 aliphatic heterocycles. The number of nitrogens with one attached hydrogen (secondary N) is 1. The average molecular weight is 421 g/mol. The number of amidine groups is 1. The van der Waals surface area contributed by atoms with Crippen molar-refractivity contribution in [3.05, 3.63) is 53.2 Å². The van der Waals surface area contributed by atoms with E-state index in [1.165, 1.54) is 37.7 Å². The van der Waals surface area contributed by atoms with E-state index in [0.29, 0.717) is 29.9 Å². The molecule has 164 valence electrons. The summed E-state index contributed by atoms with van der Waals surface area (Å²) in [6, 6.07) is 10.8. The molecule has 31 heavy (non-hydrogen) atoms. The predicted octanol–water partition coefficient (Wildman–Crippen LogP) is 3.37. The molecule has 2 fully saturated rings. The lowest BCUT2D eigenvalue weighted by Crippen LogP contribution is -2.58. The van der Waals surface area contributed by atoms with Gasteiger partial charge in [0.25, 0.3) is 0 Å². The number of anilines is 2. The van der Waals surface area contributed by atoms with Gasteiger partial charge in [0.05, 0.1) is 30.2 Å². The van der Waals surface area contributed by atoms with Crippen LogP contribution in [-0.2, 0) is 10.5 Å². The van der Waals surface area contributed by atoms with Crippen molar-refractivity contribution >= 4 is 17.3 Å². The number of benzene rings is 1. The largest absolute Gasteiger partial charge is 0.397 e. The van der Waals surface area contributed by atoms with Gasteiger partial charge in [0, 0.05) is 18.7 Å². The second-order valence-corrected chi connectivity index (χ2v) is 9.04. The number of pyridine rings is 1. The summed E-state index contributed by atoms with van der Waals surface area (Å²) in [6.45, 7) is 4.25. The van der Waals surface area contributed by atoms with Gasteiger partial charge in [-0.05, 0) is 37.3 Å². The number of nitrogens with two attached hydrogens (primary N) is 2. The van der Waals surface area contributed by atoms with Crippen LogP contribution in [0, 0.1) is 0 Å². The van der Waals surface area contributed by atoms with Gasteiger partial charge in [-0.15, -0.1) is 0 Å². The van der Waals surface area contributed by atoms with Crippen LogP contribution in [-0.4, -0.2) is 41.5 Å². The maximum absolute atomic E-state index is 6.47. The van der Waals surface area contributed by atoms with Gasteiger partial charge in [0.15, 0.2) is 0 Å². The minimum atomic E-state index is -0.816. The van der Waals surface area contributed by atoms with Crippen LogP contribution < -0.4 is 16.8 Å². The summed E-state index contributed by atoms with van der Waals surface area (Å²) in [5.74, 6) is 1.00. The smallest absolute Gasteiger partial charge is 0.217 e. The normalized spacial score (nSPS) is 27.3. The number of nitrogen functional groups attached to an aromatic ring is 1. The highest BCUT2D eigenvalue weighted by Gasteiger charge is 2.44. The zero-order valence-electron chi connectivity index (χ0n) is 18.2. The van der Waals surface area contributed by atoms with Crippen molar-refractivity contribution in [1.82, 2.24) is 9.88 Å². The molecule has 1 aliphatic carbocycles. The Balaban J connectivity index is 1.55. The molecular weight excluding hydrogens is 388 g/mol. The predicted molar refractivity (Wildman–Crippen MR) is 124 cm³/mol. The highest BCUT2D eigenvalue weighted by Crippen LogP contribution is 2.39. The molecule has 2 atom stereocenters. The van der Waals surface area contributed by atoms with Crippen molar-refractivity contribution in [2.45, 2.75) is 56.8 Å². The van der Waals surface area contributed by atoms with Crippen molar-refractivity contribution in [2.75, 3.05) is 30.7 Å². The number of fused-ring (bicyclic) bond motifs is 1. The summed E-state index contributed by atoms with van der Waals surface area (Å²) in [5, 5.41) is 3.61. The summed E-state index contributed by atoms with van der Waals surface area (Å²) in [6.07, 6.45) is 8.36. The lowest BCUT2D eigenvalue weighted by Gasteiger charge is -2.47. The average Bonchev–Trinajstić information content (AvgIpc) is 2.80. The third-order valence-corrected chi connectivity index (χ3v) is 6.85. The number of hydrogen-bond donors (Lipinski definition) is 3. The minimum absolute atomic E-state index is 0.117. The molecule has 3 heterocycles. The molecule has 1 unspecified atom stereocenters. The Morgan fingerprint density at radius 3 is 2.65 bits per heavy atom. The molecule has 7 nitrogen and oxygen atoms in total. The summed E-state index contributed by atoms with van der Waals surface area (Å²) in [7, 11) is 0. The van der Waals surface area contributed by atoms with Crippen molar-refractivity contribution in [1.29, 1.82) is 0 Å². The lowest BCUT2D eigenvalue weighted by molar-refractivity contribution is -0.0558. The number of ether oxygens (including phenoxy) is 1. The van der Waals surface area contributed by atoms with E-state index >= 15 is 0 Å². The molecule has 7 heteroatoms. The van der Waals surface area contributed by atoms with Crippen LogP contribution in [0.4, 0.5) is 11.5 Å². The summed E-state index contributed by atoms with van der Waals surface area (Å²) < 4.78 is 5.81. The Morgan fingerprint density at radius 1 is 1.13 bits per heavy atom. The van der Waals surface area contributed by atoms with Crippen LogP contribution in [0.5, 0.6) is 0 Å². The first kappa shape index (κ1) is 20.3. The van der Waals surface area contributed by atoms with Crippen LogP contribution >= 0.6 is 0 Å². The molecular formula is C24H32N6O. The van der Waals surface area contributed by atoms with E-state index in [2.05, 4.69) is 46.4 Å². The maximum atomic E-state index is 6.47. The molecule has 0 bridgehead atoms. The van der Waals surface area contributed by atoms with Crippen molar-refractivity contribution in [3.63, 3.8) is 0 Å². The number of nitrogens with zero attached hydrogens (tertiary/aromatic N) is 3. The lowest BCUT2D eigenvalue weighted by atomic mass is 9.83. The third-order valence-electron chi connectivity index (χ3n) is 6.85. The molecule has 1 saturated carbocycles. The molecule has 5 rings (SSSR count). The van der Waals surface area contributed by atoms with E-state index in [9.17, 15) is 0 Å². The standard InChI is InChI=1S/C24H32N6O/c1-16-15-30(11-12-31-16)24(28-22(26)21-13-20(25)14-27-23(21)29-24)19-9-7-18(8-10-19)17-5-3-2-4-6-17/h7-10,13-14,16-17H,2-6,11-12,15,25H2,1H3,(H2,26,28)(H,27,29)/t16-,24?/m1/s1. The monoisotopic (exact) mass is 420 g/mol. The fourth-order valence-corrected chi connectivity index (χ4v) is 5.21. The third kappa shape index (κ3) is 3.77. The van der Waals surface area contributed by atoms with Crippen LogP contribution in [0.25, 0.3) is 0 Å². The maximum Gasteiger partial charge on any atom is 0.217 e. The Bertz CT molecular complexity index is 969. The van der Waals surface area contributed by atoms with E-state index in [-0.39, 0.29) is 6.10 Å². The van der Waals surface area contributed by atoms with Crippen LogP contribution in [0.15, 0.2) is 41.5 Å². The van der Waals surface area contributed by atoms with Crippen LogP contribution in [0.2, 0.25) is 0 Å². The highest BCUT2D eigenvalue weighted by molar-refractivity contribution is 6.04. The van der Waals surface area contributed by atoms with Gasteiger partial charge < -0.3 is 21.5 Å². The van der Waals surface area contributed by atoms with Crippen LogP contribution in [0.3, 0.4) is 0 Å². The Morgan fingerprint density at radius 2 is 1.90 bits per heavy atom. The van der Waals surface area contributed by atoms with Gasteiger partial charge in [0.2, 0.25) is 5.79 Å². The topological polar surface area (TPSA) is 102 Å². The van der Waals surface area contributed by atoms with E-state index in [4.69, 9.17) is 21.2 Å². The molecule has 1 saturated heterocycles. The molecule has 3 aliphatic rings. The number of rotatable bonds is 3. The van der Waals surface area contributed by atoms with Crippen LogP contribution in [0.1, 0.15) is 61.6 Å². The Kier molecular flexibility index (Phi) is 5.32. The highest BCUT2D eigenvalue weighted by atomic mass is 16.5. The van der Waals surface area contributed by atoms with E-state index < -0.39 is 5.79 Å². The Hall–Kier alpha value is -2.64. The molecule has 2 aromatic rings. The van der Waals surface area contributed by atoms with E-state index in [0.717, 1.165) is 24.2 Å². The van der Waals surface area contributed by atoms with E-state index in [1.807, 2.05) is 6.07 Å². The molecule has 5 N–H and O–H groups in total. The second-order valence-electron chi connectivity index (χ2n) is 9.04. The molecule has 1 aromatic carbocycles. The number of aromatic nitrogens is 1. The van der Waals surface area contributed by atoms with Gasteiger partial charge in [-0.25, -0.2) is 9.98 Å². The molecule has 0 spiro atoms. The number of hydrogen-bond acceptors (Lipinski definition) is 7. The molecule has 0 amide bonds. The van der Waals surface area contributed by atoms with Gasteiger partial charge in [-0.1, -0.05) is 43.5 Å². The first-order chi connectivity index (χ1) is 15.0. The van der Waals surface area contributed by atoms with Crippen molar-refractivity contribution in [2.24, 2.45) is 10.7 Å². The quantitative estimate of drug-likeness (QED) is 0.704. The van der Waals surface area contributed by atoms with E-state index in [1.54, 1.807) is 6.20 Å². The molecule has 0 radical (unpaired) electrons. The van der Waals surface area contributed by atoms with Gasteiger partial charge in [0.1, 0.15) is 11.7 Å². The fourth-order valence-electron chi connectivity index (χ4n) is 5.21. The van der Waals surface area contributed by atoms with Gasteiger partial charge in [-0.3, -0.25) is 4.90 Å². The number of morpholine rings is 1. The minimum Gasteiger partial charge on any atom is -0.397 e. The second kappa shape index (κ2) is 8.13. The summed E-state index contributed by atoms with van der Waals surface area (Å²) >= 11 is 0. The van der Waals surface area contributed by atoms with Crippen molar-refractivity contribution in [3.8, 4) is 0 Å².